The van der Waals surface area contributed by atoms with Crippen LogP contribution in [0.1, 0.15) is 361 Å². The molecule has 0 saturated heterocycles. The van der Waals surface area contributed by atoms with Crippen LogP contribution in [0, 0.1) is 0 Å². The fraction of sp³-hybridized carbons (Fsp3) is 0.836. The van der Waals surface area contributed by atoms with Gasteiger partial charge in [0, 0.05) is 19.4 Å². The molecule has 0 spiro atoms. The lowest BCUT2D eigenvalue weighted by molar-refractivity contribution is -0.161. The Labute approximate surface area is 514 Å². The van der Waals surface area contributed by atoms with E-state index in [9.17, 15) is 19.0 Å². The van der Waals surface area contributed by atoms with Crippen LogP contribution in [0.25, 0.3) is 0 Å². The number of hydrogen-bond acceptors (Lipinski definition) is 8. The van der Waals surface area contributed by atoms with Gasteiger partial charge in [0.15, 0.2) is 6.10 Å². The van der Waals surface area contributed by atoms with Gasteiger partial charge in [-0.3, -0.25) is 18.6 Å². The number of hydrogen-bond donors (Lipinski definition) is 2. The van der Waals surface area contributed by atoms with Crippen molar-refractivity contribution >= 4 is 19.8 Å². The highest BCUT2D eigenvalue weighted by molar-refractivity contribution is 7.47. The number of nitrogens with two attached hydrogens (primary N) is 1. The van der Waals surface area contributed by atoms with Crippen molar-refractivity contribution in [2.45, 2.75) is 367 Å². The Bertz CT molecular complexity index is 1540. The number of rotatable bonds is 68. The quantitative estimate of drug-likeness (QED) is 0.0264. The Hall–Kier alpha value is -2.29. The number of phosphoric acid groups is 1. The zero-order valence-electron chi connectivity index (χ0n) is 54.7. The summed E-state index contributed by atoms with van der Waals surface area (Å²) in [6.45, 7) is 3.67. The molecule has 0 radical (unpaired) electrons. The molecular formula is C73H136NO8P. The number of carbonyl (C=O) groups excluding carboxylic acids is 2. The van der Waals surface area contributed by atoms with Gasteiger partial charge in [0.2, 0.25) is 0 Å². The van der Waals surface area contributed by atoms with Gasteiger partial charge in [-0.25, -0.2) is 4.57 Å². The summed E-state index contributed by atoms with van der Waals surface area (Å²) in [4.78, 5) is 35.3. The van der Waals surface area contributed by atoms with Crippen LogP contribution in [-0.2, 0) is 32.7 Å². The Morgan fingerprint density at radius 1 is 0.373 bits per heavy atom. The van der Waals surface area contributed by atoms with Crippen LogP contribution in [0.2, 0.25) is 0 Å². The summed E-state index contributed by atoms with van der Waals surface area (Å²) in [5.74, 6) is -0.827. The van der Waals surface area contributed by atoms with Crippen LogP contribution in [0.15, 0.2) is 60.8 Å². The van der Waals surface area contributed by atoms with Crippen LogP contribution in [0.3, 0.4) is 0 Å². The van der Waals surface area contributed by atoms with E-state index in [-0.39, 0.29) is 38.6 Å². The Kier molecular flexibility index (Phi) is 66.9. The predicted octanol–water partition coefficient (Wildman–Crippen LogP) is 23.4. The first-order valence-electron chi connectivity index (χ1n) is 35.8. The second-order valence-corrected chi connectivity index (χ2v) is 25.5. The Morgan fingerprint density at radius 3 is 0.988 bits per heavy atom. The highest BCUT2D eigenvalue weighted by Gasteiger charge is 2.26. The average Bonchev–Trinajstić information content (AvgIpc) is 3.48. The molecule has 2 atom stereocenters. The molecule has 9 nitrogen and oxygen atoms in total. The Morgan fingerprint density at radius 2 is 0.663 bits per heavy atom. The number of allylic oxidation sites excluding steroid dienone is 10. The minimum absolute atomic E-state index is 0.0504. The van der Waals surface area contributed by atoms with E-state index in [1.807, 2.05) is 0 Å². The van der Waals surface area contributed by atoms with Crippen LogP contribution in [0.5, 0.6) is 0 Å². The van der Waals surface area contributed by atoms with Crippen LogP contribution in [-0.4, -0.2) is 49.3 Å². The number of unbranched alkanes of at least 4 members (excludes halogenated alkanes) is 45. The monoisotopic (exact) mass is 1190 g/mol. The molecule has 0 aromatic carbocycles. The van der Waals surface area contributed by atoms with Crippen LogP contribution < -0.4 is 5.73 Å². The first-order valence-corrected chi connectivity index (χ1v) is 37.3. The summed E-state index contributed by atoms with van der Waals surface area (Å²) in [5.41, 5.74) is 5.40. The van der Waals surface area contributed by atoms with E-state index in [2.05, 4.69) is 74.6 Å². The molecule has 83 heavy (non-hydrogen) atoms. The third kappa shape index (κ3) is 68.7. The number of carbonyl (C=O) groups is 2. The molecule has 0 aliphatic carbocycles. The summed E-state index contributed by atoms with van der Waals surface area (Å²) in [7, 11) is -4.40. The smallest absolute Gasteiger partial charge is 0.462 e. The molecule has 0 aromatic rings. The van der Waals surface area contributed by atoms with Gasteiger partial charge < -0.3 is 20.1 Å². The molecule has 10 heteroatoms. The highest BCUT2D eigenvalue weighted by Crippen LogP contribution is 2.43. The summed E-state index contributed by atoms with van der Waals surface area (Å²) < 4.78 is 33.1. The maximum Gasteiger partial charge on any atom is 0.472 e. The van der Waals surface area contributed by atoms with E-state index >= 15 is 0 Å². The van der Waals surface area contributed by atoms with Crippen molar-refractivity contribution in [3.8, 4) is 0 Å². The van der Waals surface area contributed by atoms with Crippen molar-refractivity contribution in [2.24, 2.45) is 5.73 Å². The lowest BCUT2D eigenvalue weighted by atomic mass is 10.0. The van der Waals surface area contributed by atoms with Crippen molar-refractivity contribution in [3.05, 3.63) is 60.8 Å². The summed E-state index contributed by atoms with van der Waals surface area (Å²) in [6, 6.07) is 0. The number of ether oxygens (including phenoxy) is 2. The van der Waals surface area contributed by atoms with E-state index in [0.29, 0.717) is 6.42 Å². The van der Waals surface area contributed by atoms with Crippen molar-refractivity contribution in [2.75, 3.05) is 26.4 Å². The molecule has 0 heterocycles. The molecule has 0 fully saturated rings. The molecule has 486 valence electrons. The first kappa shape index (κ1) is 80.7. The number of esters is 2. The average molecular weight is 1190 g/mol. The SMILES string of the molecule is CC/C=C\C/C=C\C/C=C\C/C=C\C/C=C\CCCCCCCCCC(=O)OC(COC(=O)CCCCCCCCCCCCCCCCCCCCCCCCCCCCCCCCCCCCCCCCC)COP(=O)(O)OCCN. The highest BCUT2D eigenvalue weighted by atomic mass is 31.2. The zero-order valence-corrected chi connectivity index (χ0v) is 55.6. The molecule has 0 rings (SSSR count). The molecule has 3 N–H and O–H groups in total. The Balaban J connectivity index is 3.78. The van der Waals surface area contributed by atoms with Gasteiger partial charge in [-0.2, -0.15) is 0 Å². The number of phosphoric ester groups is 1. The largest absolute Gasteiger partial charge is 0.472 e. The fourth-order valence-corrected chi connectivity index (χ4v) is 11.4. The zero-order chi connectivity index (χ0) is 60.1. The van der Waals surface area contributed by atoms with E-state index < -0.39 is 26.5 Å². The molecule has 0 aliphatic heterocycles. The first-order chi connectivity index (χ1) is 40.8. The minimum atomic E-state index is -4.40. The van der Waals surface area contributed by atoms with Crippen molar-refractivity contribution in [1.82, 2.24) is 0 Å². The van der Waals surface area contributed by atoms with E-state index in [0.717, 1.165) is 77.0 Å². The van der Waals surface area contributed by atoms with Crippen molar-refractivity contribution < 1.29 is 37.6 Å². The van der Waals surface area contributed by atoms with Gasteiger partial charge in [0.1, 0.15) is 6.61 Å². The second-order valence-electron chi connectivity index (χ2n) is 24.1. The van der Waals surface area contributed by atoms with Crippen molar-refractivity contribution in [1.29, 1.82) is 0 Å². The molecule has 0 bridgehead atoms. The lowest BCUT2D eigenvalue weighted by Gasteiger charge is -2.19. The van der Waals surface area contributed by atoms with Crippen LogP contribution in [0.4, 0.5) is 0 Å². The van der Waals surface area contributed by atoms with Gasteiger partial charge in [-0.05, 0) is 57.8 Å². The van der Waals surface area contributed by atoms with Crippen molar-refractivity contribution in [3.63, 3.8) is 0 Å². The van der Waals surface area contributed by atoms with Gasteiger partial charge in [0.05, 0.1) is 13.2 Å². The second kappa shape index (κ2) is 68.8. The van der Waals surface area contributed by atoms with E-state index in [1.165, 1.54) is 250 Å². The van der Waals surface area contributed by atoms with E-state index in [4.69, 9.17) is 24.3 Å². The molecule has 2 unspecified atom stereocenters. The molecule has 0 aromatic heterocycles. The standard InChI is InChI=1S/C73H136NO8P/c1-3-5-7-9-11-13-15-17-19-21-23-25-27-28-29-30-31-32-33-34-35-36-37-38-39-40-41-42-44-45-47-49-51-53-55-57-59-61-63-65-72(75)79-69-71(70-81-83(77,78)80-68-67-74)82-73(76)66-64-62-60-58-56-54-52-50-48-46-43-26-24-22-20-18-16-14-12-10-8-6-4-2/h6,8,12,14,18,20,24,26,46,48,71H,3-5,7,9-11,13,15-17,19,21-23,25,27-45,47,49-70,74H2,1-2H3,(H,77,78)/b8-6-,14-12-,20-18-,26-24-,48-46-. The molecule has 0 aliphatic rings. The summed E-state index contributed by atoms with van der Waals surface area (Å²) >= 11 is 0. The lowest BCUT2D eigenvalue weighted by Crippen LogP contribution is -2.29. The maximum atomic E-state index is 12.7. The summed E-state index contributed by atoms with van der Waals surface area (Å²) in [6.07, 6.45) is 89.2. The van der Waals surface area contributed by atoms with Gasteiger partial charge in [0.25, 0.3) is 0 Å². The topological polar surface area (TPSA) is 134 Å². The summed E-state index contributed by atoms with van der Waals surface area (Å²) in [5, 5.41) is 0. The normalized spacial score (nSPS) is 13.3. The molecule has 0 amide bonds. The molecular weight excluding hydrogens is 1050 g/mol. The molecule has 0 saturated carbocycles. The third-order valence-corrected chi connectivity index (χ3v) is 16.9. The van der Waals surface area contributed by atoms with Gasteiger partial charge >= 0.3 is 19.8 Å². The fourth-order valence-electron chi connectivity index (χ4n) is 10.7. The van der Waals surface area contributed by atoms with Gasteiger partial charge in [-0.1, -0.05) is 351 Å². The predicted molar refractivity (Wildman–Crippen MR) is 358 cm³/mol. The van der Waals surface area contributed by atoms with E-state index in [1.54, 1.807) is 0 Å². The van der Waals surface area contributed by atoms with Crippen LogP contribution >= 0.6 is 7.82 Å². The maximum absolute atomic E-state index is 12.7. The minimum Gasteiger partial charge on any atom is -0.462 e. The third-order valence-electron chi connectivity index (χ3n) is 15.9. The van der Waals surface area contributed by atoms with Gasteiger partial charge in [-0.15, -0.1) is 0 Å².